The average molecular weight is 142 g/mol. The highest BCUT2D eigenvalue weighted by Gasteiger charge is 2.33. The Balaban J connectivity index is 2.58. The minimum Gasteiger partial charge on any atom is -0.313 e. The number of rotatable bonds is 0. The Labute approximate surface area is 59.4 Å². The molecule has 3 heteroatoms. The first-order valence-corrected chi connectivity index (χ1v) is 4.03. The molecular weight excluding hydrogens is 132 g/mol. The molecule has 0 aromatic rings. The van der Waals surface area contributed by atoms with E-state index in [-0.39, 0.29) is 0 Å². The van der Waals surface area contributed by atoms with Crippen LogP contribution in [0.2, 0.25) is 0 Å². The Kier molecular flexibility index (Phi) is 1.69. The molecule has 2 atom stereocenters. The lowest BCUT2D eigenvalue weighted by atomic mass is 10.0. The van der Waals surface area contributed by atoms with E-state index in [2.05, 4.69) is 13.0 Å². The predicted octanol–water partition coefficient (Wildman–Crippen LogP) is 0.733. The summed E-state index contributed by atoms with van der Waals surface area (Å²) < 4.78 is 0. The molecule has 1 rings (SSSR count). The van der Waals surface area contributed by atoms with Crippen molar-refractivity contribution in [1.29, 1.82) is 5.26 Å². The Bertz CT molecular complexity index is 152. The zero-order valence-electron chi connectivity index (χ0n) is 5.42. The van der Waals surface area contributed by atoms with Crippen LogP contribution in [-0.2, 0) is 0 Å². The summed E-state index contributed by atoms with van der Waals surface area (Å²) >= 11 is 1.78. The van der Waals surface area contributed by atoms with Crippen LogP contribution in [0.15, 0.2) is 0 Å². The van der Waals surface area contributed by atoms with E-state index in [4.69, 9.17) is 11.0 Å². The number of thioether (sulfide) groups is 1. The molecule has 2 unspecified atom stereocenters. The van der Waals surface area contributed by atoms with E-state index in [9.17, 15) is 0 Å². The summed E-state index contributed by atoms with van der Waals surface area (Å²) in [6, 6.07) is 2.13. The third-order valence-electron chi connectivity index (χ3n) is 1.50. The topological polar surface area (TPSA) is 49.8 Å². The molecule has 1 aliphatic rings. The van der Waals surface area contributed by atoms with Gasteiger partial charge in [0.15, 0.2) is 0 Å². The van der Waals surface area contributed by atoms with Crippen LogP contribution in [0.4, 0.5) is 0 Å². The number of nitrogens with two attached hydrogens (primary N) is 1. The van der Waals surface area contributed by atoms with Crippen LogP contribution >= 0.6 is 11.8 Å². The molecular formula is C6H10N2S. The fourth-order valence-electron chi connectivity index (χ4n) is 1.000. The maximum atomic E-state index is 8.55. The molecule has 0 bridgehead atoms. The van der Waals surface area contributed by atoms with Gasteiger partial charge in [-0.1, -0.05) is 6.92 Å². The highest BCUT2D eigenvalue weighted by atomic mass is 32.2. The monoisotopic (exact) mass is 142 g/mol. The van der Waals surface area contributed by atoms with E-state index >= 15 is 0 Å². The highest BCUT2D eigenvalue weighted by molar-refractivity contribution is 8.00. The van der Waals surface area contributed by atoms with Crippen molar-refractivity contribution >= 4 is 11.8 Å². The zero-order valence-corrected chi connectivity index (χ0v) is 6.24. The lowest BCUT2D eigenvalue weighted by Crippen LogP contribution is -2.37. The molecule has 1 aliphatic heterocycles. The standard InChI is InChI=1S/C6H10N2S/c1-5-2-6(8,3-7)4-9-5/h5H,2,4,8H2,1H3. The van der Waals surface area contributed by atoms with Gasteiger partial charge in [-0.25, -0.2) is 0 Å². The Morgan fingerprint density at radius 2 is 2.56 bits per heavy atom. The summed E-state index contributed by atoms with van der Waals surface area (Å²) in [5.74, 6) is 0.796. The zero-order chi connectivity index (χ0) is 6.91. The fourth-order valence-corrected chi connectivity index (χ4v) is 2.18. The van der Waals surface area contributed by atoms with Crippen molar-refractivity contribution < 1.29 is 0 Å². The van der Waals surface area contributed by atoms with Crippen LogP contribution in [-0.4, -0.2) is 16.5 Å². The fraction of sp³-hybridized carbons (Fsp3) is 0.833. The smallest absolute Gasteiger partial charge is 0.114 e. The first kappa shape index (κ1) is 6.91. The lowest BCUT2D eigenvalue weighted by Gasteiger charge is -2.10. The van der Waals surface area contributed by atoms with Gasteiger partial charge in [-0.15, -0.1) is 0 Å². The second kappa shape index (κ2) is 2.20. The van der Waals surface area contributed by atoms with Crippen molar-refractivity contribution in [3.63, 3.8) is 0 Å². The van der Waals surface area contributed by atoms with E-state index in [1.54, 1.807) is 11.8 Å². The van der Waals surface area contributed by atoms with Gasteiger partial charge in [0.25, 0.3) is 0 Å². The van der Waals surface area contributed by atoms with Crippen molar-refractivity contribution in [2.75, 3.05) is 5.75 Å². The third-order valence-corrected chi connectivity index (χ3v) is 2.92. The van der Waals surface area contributed by atoms with Gasteiger partial charge in [-0.3, -0.25) is 0 Å². The molecule has 0 aromatic heterocycles. The maximum absolute atomic E-state index is 8.55. The van der Waals surface area contributed by atoms with Crippen molar-refractivity contribution in [2.45, 2.75) is 24.1 Å². The molecule has 50 valence electrons. The maximum Gasteiger partial charge on any atom is 0.114 e. The minimum absolute atomic E-state index is 0.524. The van der Waals surface area contributed by atoms with Crippen LogP contribution < -0.4 is 5.73 Å². The van der Waals surface area contributed by atoms with Gasteiger partial charge in [0.1, 0.15) is 5.54 Å². The molecule has 1 saturated heterocycles. The molecule has 0 aromatic carbocycles. The Morgan fingerprint density at radius 3 is 2.78 bits per heavy atom. The average Bonchev–Trinajstić information content (AvgIpc) is 2.13. The molecule has 0 radical (unpaired) electrons. The summed E-state index contributed by atoms with van der Waals surface area (Å²) in [7, 11) is 0. The summed E-state index contributed by atoms with van der Waals surface area (Å²) in [6.07, 6.45) is 0.841. The molecule has 1 fully saturated rings. The predicted molar refractivity (Wildman–Crippen MR) is 39.1 cm³/mol. The second-order valence-electron chi connectivity index (χ2n) is 2.59. The van der Waals surface area contributed by atoms with Gasteiger partial charge in [0.2, 0.25) is 0 Å². The largest absolute Gasteiger partial charge is 0.313 e. The van der Waals surface area contributed by atoms with Gasteiger partial charge in [0.05, 0.1) is 6.07 Å². The van der Waals surface area contributed by atoms with Gasteiger partial charge < -0.3 is 5.73 Å². The van der Waals surface area contributed by atoms with Crippen LogP contribution in [0.3, 0.4) is 0 Å². The van der Waals surface area contributed by atoms with E-state index in [0.29, 0.717) is 5.25 Å². The van der Waals surface area contributed by atoms with Crippen LogP contribution in [0, 0.1) is 11.3 Å². The van der Waals surface area contributed by atoms with Gasteiger partial charge in [0, 0.05) is 11.0 Å². The summed E-state index contributed by atoms with van der Waals surface area (Å²) in [4.78, 5) is 0. The van der Waals surface area contributed by atoms with E-state index < -0.39 is 5.54 Å². The first-order valence-electron chi connectivity index (χ1n) is 2.98. The van der Waals surface area contributed by atoms with Crippen LogP contribution in [0.1, 0.15) is 13.3 Å². The van der Waals surface area contributed by atoms with Gasteiger partial charge >= 0.3 is 0 Å². The van der Waals surface area contributed by atoms with Crippen LogP contribution in [0.5, 0.6) is 0 Å². The van der Waals surface area contributed by atoms with Gasteiger partial charge in [-0.2, -0.15) is 17.0 Å². The second-order valence-corrected chi connectivity index (χ2v) is 4.02. The van der Waals surface area contributed by atoms with E-state index in [1.807, 2.05) is 0 Å². The molecule has 9 heavy (non-hydrogen) atoms. The van der Waals surface area contributed by atoms with Crippen molar-refractivity contribution in [3.8, 4) is 6.07 Å². The summed E-state index contributed by atoms with van der Waals surface area (Å²) in [6.45, 7) is 2.11. The molecule has 2 nitrogen and oxygen atoms in total. The SMILES string of the molecule is CC1CC(N)(C#N)CS1. The number of nitrogens with zero attached hydrogens (tertiary/aromatic N) is 1. The molecule has 0 aliphatic carbocycles. The van der Waals surface area contributed by atoms with Crippen molar-refractivity contribution in [3.05, 3.63) is 0 Å². The van der Waals surface area contributed by atoms with Gasteiger partial charge in [-0.05, 0) is 6.42 Å². The molecule has 1 heterocycles. The Hall–Kier alpha value is -0.200. The first-order chi connectivity index (χ1) is 4.16. The third kappa shape index (κ3) is 1.38. The summed E-state index contributed by atoms with van der Waals surface area (Å²) in [5.41, 5.74) is 5.14. The molecule has 2 N–H and O–H groups in total. The number of nitriles is 1. The van der Waals surface area contributed by atoms with Crippen LogP contribution in [0.25, 0.3) is 0 Å². The van der Waals surface area contributed by atoms with E-state index in [1.165, 1.54) is 0 Å². The molecule has 0 spiro atoms. The number of hydrogen-bond donors (Lipinski definition) is 1. The quantitative estimate of drug-likeness (QED) is 0.542. The Morgan fingerprint density at radius 1 is 1.89 bits per heavy atom. The van der Waals surface area contributed by atoms with Crippen molar-refractivity contribution in [1.82, 2.24) is 0 Å². The molecule has 0 saturated carbocycles. The van der Waals surface area contributed by atoms with E-state index in [0.717, 1.165) is 12.2 Å². The van der Waals surface area contributed by atoms with Crippen molar-refractivity contribution in [2.24, 2.45) is 5.73 Å². The summed E-state index contributed by atoms with van der Waals surface area (Å²) in [5, 5.41) is 9.12. The molecule has 0 amide bonds. The number of hydrogen-bond acceptors (Lipinski definition) is 3. The lowest BCUT2D eigenvalue weighted by molar-refractivity contribution is 0.582. The minimum atomic E-state index is -0.524. The normalized spacial score (nSPS) is 42.6. The highest BCUT2D eigenvalue weighted by Crippen LogP contribution is 2.31.